The highest BCUT2D eigenvalue weighted by Gasteiger charge is 2.58. The largest absolute Gasteiger partial charge is 0.299 e. The first kappa shape index (κ1) is 17.6. The number of benzene rings is 2. The fourth-order valence-electron chi connectivity index (χ4n) is 4.64. The molecule has 0 aromatic heterocycles. The van der Waals surface area contributed by atoms with E-state index in [0.29, 0.717) is 6.54 Å². The van der Waals surface area contributed by atoms with Crippen LogP contribution in [0.15, 0.2) is 60.7 Å². The van der Waals surface area contributed by atoms with Crippen molar-refractivity contribution in [3.63, 3.8) is 0 Å². The van der Waals surface area contributed by atoms with E-state index in [0.717, 1.165) is 30.4 Å². The third-order valence-corrected chi connectivity index (χ3v) is 6.44. The van der Waals surface area contributed by atoms with Gasteiger partial charge in [-0.1, -0.05) is 60.7 Å². The number of amides is 2. The number of fused-ring (bicyclic) bond motifs is 2. The third kappa shape index (κ3) is 3.61. The number of hydrogen-bond acceptors (Lipinski definition) is 3. The zero-order valence-corrected chi connectivity index (χ0v) is 16.0. The summed E-state index contributed by atoms with van der Waals surface area (Å²) in [5, 5.41) is 0. The first-order valence-corrected chi connectivity index (χ1v) is 10.3. The zero-order chi connectivity index (χ0) is 19.1. The predicted molar refractivity (Wildman–Crippen MR) is 107 cm³/mol. The molecular formula is C24H26N2O2. The Kier molecular flexibility index (Phi) is 4.52. The van der Waals surface area contributed by atoms with Gasteiger partial charge < -0.3 is 0 Å². The second-order valence-electron chi connectivity index (χ2n) is 8.63. The summed E-state index contributed by atoms with van der Waals surface area (Å²) < 4.78 is 0. The molecule has 4 nitrogen and oxygen atoms in total. The van der Waals surface area contributed by atoms with Crippen molar-refractivity contribution in [2.45, 2.75) is 25.9 Å². The minimum atomic E-state index is 0.0150. The summed E-state index contributed by atoms with van der Waals surface area (Å²) in [6.07, 6.45) is 2.29. The van der Waals surface area contributed by atoms with Crippen LogP contribution in [0, 0.1) is 23.7 Å². The summed E-state index contributed by atoms with van der Waals surface area (Å²) in [5.74, 6) is 2.19. The zero-order valence-electron chi connectivity index (χ0n) is 16.0. The molecule has 0 radical (unpaired) electrons. The van der Waals surface area contributed by atoms with Gasteiger partial charge in [-0.2, -0.15) is 0 Å². The molecular weight excluding hydrogens is 348 g/mol. The van der Waals surface area contributed by atoms with Gasteiger partial charge >= 0.3 is 0 Å². The molecule has 0 N–H and O–H groups in total. The van der Waals surface area contributed by atoms with Crippen molar-refractivity contribution >= 4 is 11.8 Å². The van der Waals surface area contributed by atoms with Crippen LogP contribution in [-0.2, 0) is 22.7 Å². The van der Waals surface area contributed by atoms with Gasteiger partial charge in [0, 0.05) is 19.6 Å². The van der Waals surface area contributed by atoms with Gasteiger partial charge in [0.05, 0.1) is 18.4 Å². The number of hydrogen-bond donors (Lipinski definition) is 0. The summed E-state index contributed by atoms with van der Waals surface area (Å²) in [6.45, 7) is 4.29. The molecule has 4 unspecified atom stereocenters. The molecule has 4 heteroatoms. The highest BCUT2D eigenvalue weighted by atomic mass is 16.2. The summed E-state index contributed by atoms with van der Waals surface area (Å²) in [4.78, 5) is 27.3. The lowest BCUT2D eigenvalue weighted by atomic mass is 10.2. The van der Waals surface area contributed by atoms with Crippen molar-refractivity contribution in [3.8, 4) is 0 Å². The molecule has 0 spiro atoms. The Labute approximate surface area is 166 Å². The van der Waals surface area contributed by atoms with Crippen molar-refractivity contribution in [1.82, 2.24) is 9.80 Å². The van der Waals surface area contributed by atoms with E-state index in [1.165, 1.54) is 30.0 Å². The maximum absolute atomic E-state index is 11.7. The second kappa shape index (κ2) is 7.17. The first-order chi connectivity index (χ1) is 13.7. The fraction of sp³-hybridized carbons (Fsp3) is 0.417. The Bertz CT molecular complexity index is 837. The van der Waals surface area contributed by atoms with Gasteiger partial charge in [0.2, 0.25) is 11.8 Å². The van der Waals surface area contributed by atoms with Gasteiger partial charge in [0.1, 0.15) is 0 Å². The molecule has 2 aliphatic carbocycles. The summed E-state index contributed by atoms with van der Waals surface area (Å²) >= 11 is 0. The van der Waals surface area contributed by atoms with Crippen molar-refractivity contribution < 1.29 is 9.59 Å². The molecule has 4 atom stereocenters. The Morgan fingerprint density at radius 3 is 1.71 bits per heavy atom. The lowest BCUT2D eigenvalue weighted by Gasteiger charge is -2.16. The lowest BCUT2D eigenvalue weighted by molar-refractivity contribution is -0.142. The molecule has 2 heterocycles. The van der Waals surface area contributed by atoms with E-state index in [1.807, 2.05) is 30.3 Å². The van der Waals surface area contributed by atoms with E-state index in [-0.39, 0.29) is 23.7 Å². The van der Waals surface area contributed by atoms with E-state index in [2.05, 4.69) is 35.2 Å². The predicted octanol–water partition coefficient (Wildman–Crippen LogP) is 3.33. The summed E-state index contributed by atoms with van der Waals surface area (Å²) in [5.41, 5.74) is 2.48. The van der Waals surface area contributed by atoms with Crippen molar-refractivity contribution in [3.05, 3.63) is 71.8 Å². The van der Waals surface area contributed by atoms with Crippen LogP contribution >= 0.6 is 0 Å². The number of rotatable bonds is 4. The van der Waals surface area contributed by atoms with Crippen LogP contribution in [0.5, 0.6) is 0 Å². The minimum absolute atomic E-state index is 0.0150. The van der Waals surface area contributed by atoms with E-state index in [4.69, 9.17) is 0 Å². The van der Waals surface area contributed by atoms with E-state index in [9.17, 15) is 9.59 Å². The minimum Gasteiger partial charge on any atom is -0.299 e. The molecule has 4 aliphatic rings. The number of piperidine rings is 2. The van der Waals surface area contributed by atoms with Gasteiger partial charge in [-0.3, -0.25) is 19.4 Å². The second-order valence-corrected chi connectivity index (χ2v) is 8.63. The molecule has 0 bridgehead atoms. The van der Waals surface area contributed by atoms with Crippen LogP contribution in [0.25, 0.3) is 0 Å². The molecule has 2 amide bonds. The van der Waals surface area contributed by atoms with E-state index < -0.39 is 0 Å². The average Bonchev–Trinajstić information content (AvgIpc) is 3.62. The van der Waals surface area contributed by atoms with Crippen LogP contribution in [0.2, 0.25) is 0 Å². The number of likely N-dealkylation sites (tertiary alicyclic amines) is 2. The van der Waals surface area contributed by atoms with Gasteiger partial charge in [0.15, 0.2) is 0 Å². The maximum Gasteiger partial charge on any atom is 0.233 e. The molecule has 2 saturated heterocycles. The smallest absolute Gasteiger partial charge is 0.233 e. The summed E-state index contributed by atoms with van der Waals surface area (Å²) in [6, 6.07) is 20.4. The molecule has 28 heavy (non-hydrogen) atoms. The third-order valence-electron chi connectivity index (χ3n) is 6.44. The van der Waals surface area contributed by atoms with Crippen LogP contribution in [0.1, 0.15) is 24.0 Å². The molecule has 144 valence electrons. The van der Waals surface area contributed by atoms with Crippen molar-refractivity contribution in [2.24, 2.45) is 23.7 Å². The number of imide groups is 1. The Morgan fingerprint density at radius 1 is 0.679 bits per heavy atom. The van der Waals surface area contributed by atoms with Gasteiger partial charge in [0.25, 0.3) is 0 Å². The normalized spacial score (nSPS) is 29.8. The van der Waals surface area contributed by atoms with Crippen LogP contribution in [0.3, 0.4) is 0 Å². The highest BCUT2D eigenvalue weighted by Crippen LogP contribution is 2.47. The molecule has 6 rings (SSSR count). The monoisotopic (exact) mass is 374 g/mol. The van der Waals surface area contributed by atoms with E-state index >= 15 is 0 Å². The fourth-order valence-corrected chi connectivity index (χ4v) is 4.64. The molecule has 2 aromatic carbocycles. The van der Waals surface area contributed by atoms with Crippen molar-refractivity contribution in [1.29, 1.82) is 0 Å². The first-order valence-electron chi connectivity index (χ1n) is 10.3. The van der Waals surface area contributed by atoms with Gasteiger partial charge in [-0.25, -0.2) is 0 Å². The molecule has 2 saturated carbocycles. The van der Waals surface area contributed by atoms with Crippen LogP contribution in [-0.4, -0.2) is 34.7 Å². The molecule has 2 aliphatic heterocycles. The average molecular weight is 374 g/mol. The van der Waals surface area contributed by atoms with Crippen molar-refractivity contribution in [2.75, 3.05) is 13.1 Å². The number of nitrogens with zero attached hydrogens (tertiary/aromatic N) is 2. The van der Waals surface area contributed by atoms with E-state index in [1.54, 1.807) is 0 Å². The molecule has 2 aromatic rings. The van der Waals surface area contributed by atoms with Crippen LogP contribution < -0.4 is 0 Å². The topological polar surface area (TPSA) is 40.6 Å². The Balaban J connectivity index is 0.000000123. The number of carbonyl (C=O) groups excluding carboxylic acids is 2. The standard InChI is InChI=1S/C12H11NO2.C12H15N/c14-11-9-6-10(9)12(15)13(11)7-8-4-2-1-3-5-8;1-2-4-10(5-3-1)7-13-8-11-6-12(11)9-13/h1-5,9-10H,6-7H2;1-5,11-12H,6-9H2. The highest BCUT2D eigenvalue weighted by molar-refractivity contribution is 6.08. The Hall–Kier alpha value is -2.46. The van der Waals surface area contributed by atoms with Gasteiger partial charge in [-0.15, -0.1) is 0 Å². The quantitative estimate of drug-likeness (QED) is 0.771. The maximum atomic E-state index is 11.7. The van der Waals surface area contributed by atoms with Crippen LogP contribution in [0.4, 0.5) is 0 Å². The summed E-state index contributed by atoms with van der Waals surface area (Å²) in [7, 11) is 0. The SMILES string of the molecule is O=C1C2CC2C(=O)N1Cc1ccccc1.c1ccc(CN2CC3CC3C2)cc1. The Morgan fingerprint density at radius 2 is 1.18 bits per heavy atom. The lowest BCUT2D eigenvalue weighted by Crippen LogP contribution is -2.32. The van der Waals surface area contributed by atoms with Gasteiger partial charge in [-0.05, 0) is 35.8 Å². The number of carbonyl (C=O) groups is 2. The molecule has 4 fully saturated rings.